The van der Waals surface area contributed by atoms with E-state index in [2.05, 4.69) is 29.7 Å². The van der Waals surface area contributed by atoms with Gasteiger partial charge in [0.1, 0.15) is 0 Å². The normalized spacial score (nSPS) is 19.2. The van der Waals surface area contributed by atoms with Crippen molar-refractivity contribution in [3.63, 3.8) is 0 Å². The molecule has 0 bridgehead atoms. The van der Waals surface area contributed by atoms with E-state index in [9.17, 15) is 4.79 Å². The Kier molecular flexibility index (Phi) is 6.05. The monoisotopic (exact) mass is 290 g/mol. The van der Waals surface area contributed by atoms with Gasteiger partial charge in [0.15, 0.2) is 0 Å². The van der Waals surface area contributed by atoms with Crippen molar-refractivity contribution in [2.24, 2.45) is 0 Å². The zero-order valence-electron chi connectivity index (χ0n) is 13.0. The van der Waals surface area contributed by atoms with Crippen molar-refractivity contribution < 1.29 is 9.53 Å². The minimum Gasteiger partial charge on any atom is -0.378 e. The van der Waals surface area contributed by atoms with Crippen LogP contribution in [0, 0.1) is 6.92 Å². The molecule has 1 aliphatic heterocycles. The second-order valence-corrected chi connectivity index (χ2v) is 5.93. The third kappa shape index (κ3) is 5.76. The lowest BCUT2D eigenvalue weighted by atomic mass is 10.1. The Hall–Kier alpha value is -1.55. The van der Waals surface area contributed by atoms with Gasteiger partial charge in [-0.3, -0.25) is 0 Å². The molecule has 2 unspecified atom stereocenters. The summed E-state index contributed by atoms with van der Waals surface area (Å²) in [6, 6.07) is 8.26. The molecule has 2 atom stereocenters. The van der Waals surface area contributed by atoms with Crippen LogP contribution in [-0.4, -0.2) is 24.8 Å². The Labute approximate surface area is 127 Å². The lowest BCUT2D eigenvalue weighted by molar-refractivity contribution is 0.100. The van der Waals surface area contributed by atoms with Crippen LogP contribution in [0.25, 0.3) is 0 Å². The molecule has 21 heavy (non-hydrogen) atoms. The standard InChI is InChI=1S/C17H26N2O2/c1-13-5-8-15(9-6-13)12-18-17(20)19-14(2)7-10-16-4-3-11-21-16/h5-6,8-9,14,16H,3-4,7,10-12H2,1-2H3,(H2,18,19,20). The zero-order chi connectivity index (χ0) is 15.1. The number of urea groups is 1. The Morgan fingerprint density at radius 1 is 1.38 bits per heavy atom. The smallest absolute Gasteiger partial charge is 0.315 e. The van der Waals surface area contributed by atoms with Gasteiger partial charge in [-0.05, 0) is 45.1 Å². The number of aryl methyl sites for hydroxylation is 1. The summed E-state index contributed by atoms with van der Waals surface area (Å²) in [5, 5.41) is 5.88. The molecule has 4 heteroatoms. The molecule has 0 spiro atoms. The molecule has 2 N–H and O–H groups in total. The third-order valence-electron chi connectivity index (χ3n) is 3.90. The van der Waals surface area contributed by atoms with Crippen LogP contribution in [0.1, 0.15) is 43.7 Å². The summed E-state index contributed by atoms with van der Waals surface area (Å²) in [6.07, 6.45) is 4.71. The van der Waals surface area contributed by atoms with Gasteiger partial charge in [0.05, 0.1) is 6.10 Å². The number of carbonyl (C=O) groups excluding carboxylic acids is 1. The number of ether oxygens (including phenoxy) is 1. The molecular formula is C17H26N2O2. The number of hydrogen-bond donors (Lipinski definition) is 2. The predicted octanol–water partition coefficient (Wildman–Crippen LogP) is 3.14. The fraction of sp³-hybridized carbons (Fsp3) is 0.588. The van der Waals surface area contributed by atoms with E-state index in [4.69, 9.17) is 4.74 Å². The molecule has 1 heterocycles. The summed E-state index contributed by atoms with van der Waals surface area (Å²) in [5.41, 5.74) is 2.34. The Morgan fingerprint density at radius 3 is 2.81 bits per heavy atom. The van der Waals surface area contributed by atoms with Crippen molar-refractivity contribution in [3.8, 4) is 0 Å². The molecule has 1 saturated heterocycles. The fourth-order valence-corrected chi connectivity index (χ4v) is 2.54. The van der Waals surface area contributed by atoms with E-state index >= 15 is 0 Å². The number of rotatable bonds is 6. The van der Waals surface area contributed by atoms with E-state index in [0.717, 1.165) is 31.4 Å². The molecule has 0 radical (unpaired) electrons. The molecule has 4 nitrogen and oxygen atoms in total. The molecule has 116 valence electrons. The van der Waals surface area contributed by atoms with Crippen molar-refractivity contribution >= 4 is 6.03 Å². The van der Waals surface area contributed by atoms with Crippen LogP contribution in [-0.2, 0) is 11.3 Å². The lowest BCUT2D eigenvalue weighted by Crippen LogP contribution is -2.40. The molecule has 0 saturated carbocycles. The fourth-order valence-electron chi connectivity index (χ4n) is 2.54. The van der Waals surface area contributed by atoms with Crippen molar-refractivity contribution in [1.29, 1.82) is 0 Å². The van der Waals surface area contributed by atoms with Crippen LogP contribution >= 0.6 is 0 Å². The van der Waals surface area contributed by atoms with Gasteiger partial charge < -0.3 is 15.4 Å². The van der Waals surface area contributed by atoms with Gasteiger partial charge in [0, 0.05) is 19.2 Å². The molecule has 0 aromatic heterocycles. The average molecular weight is 290 g/mol. The number of benzene rings is 1. The minimum atomic E-state index is -0.101. The number of nitrogens with one attached hydrogen (secondary N) is 2. The van der Waals surface area contributed by atoms with Gasteiger partial charge in [-0.25, -0.2) is 4.79 Å². The Balaban J connectivity index is 1.62. The van der Waals surface area contributed by atoms with E-state index in [0.29, 0.717) is 12.6 Å². The van der Waals surface area contributed by atoms with Gasteiger partial charge in [0.25, 0.3) is 0 Å². The van der Waals surface area contributed by atoms with Crippen LogP contribution in [0.4, 0.5) is 4.79 Å². The average Bonchev–Trinajstić information content (AvgIpc) is 2.98. The number of amides is 2. The maximum Gasteiger partial charge on any atom is 0.315 e. The van der Waals surface area contributed by atoms with Gasteiger partial charge in [-0.1, -0.05) is 29.8 Å². The van der Waals surface area contributed by atoms with Crippen LogP contribution in [0.15, 0.2) is 24.3 Å². The Morgan fingerprint density at radius 2 is 2.14 bits per heavy atom. The molecule has 1 aromatic carbocycles. The molecular weight excluding hydrogens is 264 g/mol. The summed E-state index contributed by atoms with van der Waals surface area (Å²) in [7, 11) is 0. The van der Waals surface area contributed by atoms with Crippen molar-refractivity contribution in [1.82, 2.24) is 10.6 Å². The maximum atomic E-state index is 11.8. The minimum absolute atomic E-state index is 0.101. The third-order valence-corrected chi connectivity index (χ3v) is 3.90. The van der Waals surface area contributed by atoms with Crippen LogP contribution in [0.2, 0.25) is 0 Å². The molecule has 1 aromatic rings. The summed E-state index contributed by atoms with van der Waals surface area (Å²) in [6.45, 7) is 5.55. The van der Waals surface area contributed by atoms with Crippen molar-refractivity contribution in [3.05, 3.63) is 35.4 Å². The van der Waals surface area contributed by atoms with E-state index in [1.54, 1.807) is 0 Å². The van der Waals surface area contributed by atoms with E-state index in [-0.39, 0.29) is 12.1 Å². The van der Waals surface area contributed by atoms with Crippen molar-refractivity contribution in [2.45, 2.75) is 58.2 Å². The first-order chi connectivity index (χ1) is 10.1. The van der Waals surface area contributed by atoms with Gasteiger partial charge in [-0.2, -0.15) is 0 Å². The van der Waals surface area contributed by atoms with Gasteiger partial charge in [-0.15, -0.1) is 0 Å². The molecule has 2 amide bonds. The largest absolute Gasteiger partial charge is 0.378 e. The Bertz CT molecular complexity index is 439. The van der Waals surface area contributed by atoms with E-state index < -0.39 is 0 Å². The number of hydrogen-bond acceptors (Lipinski definition) is 2. The highest BCUT2D eigenvalue weighted by Crippen LogP contribution is 2.17. The highest BCUT2D eigenvalue weighted by atomic mass is 16.5. The first-order valence-corrected chi connectivity index (χ1v) is 7.85. The first-order valence-electron chi connectivity index (χ1n) is 7.85. The van der Waals surface area contributed by atoms with Crippen LogP contribution in [0.5, 0.6) is 0 Å². The summed E-state index contributed by atoms with van der Waals surface area (Å²) in [5.74, 6) is 0. The summed E-state index contributed by atoms with van der Waals surface area (Å²) >= 11 is 0. The molecule has 0 aliphatic carbocycles. The quantitative estimate of drug-likeness (QED) is 0.845. The topological polar surface area (TPSA) is 50.4 Å². The molecule has 1 fully saturated rings. The van der Waals surface area contributed by atoms with Crippen molar-refractivity contribution in [2.75, 3.05) is 6.61 Å². The molecule has 2 rings (SSSR count). The SMILES string of the molecule is Cc1ccc(CNC(=O)NC(C)CCC2CCCO2)cc1. The summed E-state index contributed by atoms with van der Waals surface area (Å²) in [4.78, 5) is 11.8. The van der Waals surface area contributed by atoms with Gasteiger partial charge >= 0.3 is 6.03 Å². The zero-order valence-corrected chi connectivity index (χ0v) is 13.0. The van der Waals surface area contributed by atoms with E-state index in [1.165, 1.54) is 12.0 Å². The predicted molar refractivity (Wildman–Crippen MR) is 84.2 cm³/mol. The van der Waals surface area contributed by atoms with Crippen LogP contribution < -0.4 is 10.6 Å². The van der Waals surface area contributed by atoms with E-state index in [1.807, 2.05) is 19.1 Å². The second-order valence-electron chi connectivity index (χ2n) is 5.93. The maximum absolute atomic E-state index is 11.8. The first kappa shape index (κ1) is 15.8. The highest BCUT2D eigenvalue weighted by molar-refractivity contribution is 5.74. The second kappa shape index (κ2) is 8.03. The number of carbonyl (C=O) groups is 1. The van der Waals surface area contributed by atoms with Crippen LogP contribution in [0.3, 0.4) is 0 Å². The lowest BCUT2D eigenvalue weighted by Gasteiger charge is -2.16. The van der Waals surface area contributed by atoms with Gasteiger partial charge in [0.2, 0.25) is 0 Å². The highest BCUT2D eigenvalue weighted by Gasteiger charge is 2.16. The molecule has 1 aliphatic rings. The summed E-state index contributed by atoms with van der Waals surface area (Å²) < 4.78 is 5.59.